The molecule has 1 aliphatic heterocycles. The summed E-state index contributed by atoms with van der Waals surface area (Å²) in [5.41, 5.74) is 0.374. The molecule has 1 unspecified atom stereocenters. The summed E-state index contributed by atoms with van der Waals surface area (Å²) in [6, 6.07) is 3.35. The maximum absolute atomic E-state index is 9.35. The SMILES string of the molecule is OB(O)c1ccc(N2CCC(O)C2)nc1. The van der Waals surface area contributed by atoms with Gasteiger partial charge in [0, 0.05) is 24.7 Å². The predicted molar refractivity (Wildman–Crippen MR) is 56.9 cm³/mol. The third kappa shape index (κ3) is 2.28. The molecule has 1 aliphatic rings. The molecule has 0 bridgehead atoms. The molecule has 5 nitrogen and oxygen atoms in total. The minimum Gasteiger partial charge on any atom is -0.423 e. The highest BCUT2D eigenvalue weighted by Gasteiger charge is 2.21. The van der Waals surface area contributed by atoms with Gasteiger partial charge in [-0.15, -0.1) is 0 Å². The fourth-order valence-electron chi connectivity index (χ4n) is 1.69. The minimum absolute atomic E-state index is 0.282. The van der Waals surface area contributed by atoms with Gasteiger partial charge in [-0.25, -0.2) is 4.98 Å². The van der Waals surface area contributed by atoms with E-state index < -0.39 is 7.12 Å². The molecule has 0 aromatic carbocycles. The number of pyridine rings is 1. The Labute approximate surface area is 88.1 Å². The topological polar surface area (TPSA) is 76.8 Å². The Morgan fingerprint density at radius 2 is 2.20 bits per heavy atom. The number of aliphatic hydroxyl groups excluding tert-OH is 1. The summed E-state index contributed by atoms with van der Waals surface area (Å²) in [6.07, 6.45) is 1.91. The fraction of sp³-hybridized carbons (Fsp3) is 0.444. The van der Waals surface area contributed by atoms with Crippen molar-refractivity contribution < 1.29 is 15.2 Å². The number of aromatic nitrogens is 1. The lowest BCUT2D eigenvalue weighted by molar-refractivity contribution is 0.198. The van der Waals surface area contributed by atoms with Gasteiger partial charge in [0.15, 0.2) is 0 Å². The van der Waals surface area contributed by atoms with E-state index in [0.717, 1.165) is 18.8 Å². The standard InChI is InChI=1S/C9H13BN2O3/c13-8-3-4-12(6-8)9-2-1-7(5-11-9)10(14)15/h1-2,5,8,13-15H,3-4,6H2. The van der Waals surface area contributed by atoms with Crippen molar-refractivity contribution in [2.75, 3.05) is 18.0 Å². The molecule has 1 atom stereocenters. The normalized spacial score (nSPS) is 20.7. The Kier molecular flexibility index (Phi) is 2.90. The largest absolute Gasteiger partial charge is 0.490 e. The molecule has 80 valence electrons. The highest BCUT2D eigenvalue weighted by molar-refractivity contribution is 6.58. The van der Waals surface area contributed by atoms with Crippen molar-refractivity contribution in [2.24, 2.45) is 0 Å². The zero-order valence-corrected chi connectivity index (χ0v) is 8.24. The van der Waals surface area contributed by atoms with Crippen LogP contribution in [0.2, 0.25) is 0 Å². The molecule has 0 radical (unpaired) electrons. The number of anilines is 1. The molecule has 6 heteroatoms. The highest BCUT2D eigenvalue weighted by atomic mass is 16.4. The monoisotopic (exact) mass is 208 g/mol. The lowest BCUT2D eigenvalue weighted by atomic mass is 9.82. The second-order valence-corrected chi connectivity index (χ2v) is 3.71. The molecule has 1 saturated heterocycles. The third-order valence-electron chi connectivity index (χ3n) is 2.56. The molecule has 0 spiro atoms. The van der Waals surface area contributed by atoms with Crippen molar-refractivity contribution in [2.45, 2.75) is 12.5 Å². The first-order chi connectivity index (χ1) is 7.16. The molecular formula is C9H13BN2O3. The summed E-state index contributed by atoms with van der Waals surface area (Å²) in [5, 5.41) is 27.1. The number of hydrogen-bond acceptors (Lipinski definition) is 5. The number of rotatable bonds is 2. The van der Waals surface area contributed by atoms with Crippen LogP contribution >= 0.6 is 0 Å². The van der Waals surface area contributed by atoms with E-state index in [1.165, 1.54) is 6.20 Å². The van der Waals surface area contributed by atoms with Crippen LogP contribution in [0.1, 0.15) is 6.42 Å². The molecule has 0 amide bonds. The van der Waals surface area contributed by atoms with E-state index in [-0.39, 0.29) is 6.10 Å². The first kappa shape index (κ1) is 10.4. The molecule has 0 saturated carbocycles. The molecule has 1 aromatic rings. The van der Waals surface area contributed by atoms with E-state index in [1.807, 2.05) is 4.90 Å². The van der Waals surface area contributed by atoms with Gasteiger partial charge >= 0.3 is 7.12 Å². The van der Waals surface area contributed by atoms with Gasteiger partial charge < -0.3 is 20.1 Å². The molecule has 1 fully saturated rings. The van der Waals surface area contributed by atoms with Gasteiger partial charge in [0.05, 0.1) is 6.10 Å². The van der Waals surface area contributed by atoms with Crippen molar-refractivity contribution in [1.29, 1.82) is 0 Å². The predicted octanol–water partition coefficient (Wildman–Crippen LogP) is -1.67. The quantitative estimate of drug-likeness (QED) is 0.506. The Bertz CT molecular complexity index is 331. The van der Waals surface area contributed by atoms with Crippen molar-refractivity contribution >= 4 is 18.4 Å². The number of aliphatic hydroxyl groups is 1. The third-order valence-corrected chi connectivity index (χ3v) is 2.56. The lowest BCUT2D eigenvalue weighted by Crippen LogP contribution is -2.31. The first-order valence-electron chi connectivity index (χ1n) is 4.92. The molecule has 3 N–H and O–H groups in total. The van der Waals surface area contributed by atoms with E-state index in [1.54, 1.807) is 12.1 Å². The van der Waals surface area contributed by atoms with Gasteiger partial charge in [0.2, 0.25) is 0 Å². The van der Waals surface area contributed by atoms with Gasteiger partial charge in [-0.05, 0) is 12.5 Å². The second-order valence-electron chi connectivity index (χ2n) is 3.71. The molecule has 2 heterocycles. The van der Waals surface area contributed by atoms with Crippen molar-refractivity contribution in [1.82, 2.24) is 4.98 Å². The van der Waals surface area contributed by atoms with E-state index in [9.17, 15) is 5.11 Å². The lowest BCUT2D eigenvalue weighted by Gasteiger charge is -2.16. The molecule has 2 rings (SSSR count). The van der Waals surface area contributed by atoms with E-state index in [0.29, 0.717) is 12.0 Å². The summed E-state index contributed by atoms with van der Waals surface area (Å²) < 4.78 is 0. The van der Waals surface area contributed by atoms with Crippen LogP contribution in [0, 0.1) is 0 Å². The van der Waals surface area contributed by atoms with Crippen LogP contribution in [0.4, 0.5) is 5.82 Å². The summed E-state index contributed by atoms with van der Waals surface area (Å²) in [4.78, 5) is 6.08. The molecule has 0 aliphatic carbocycles. The van der Waals surface area contributed by atoms with E-state index >= 15 is 0 Å². The van der Waals surface area contributed by atoms with Crippen LogP contribution in [0.15, 0.2) is 18.3 Å². The van der Waals surface area contributed by atoms with E-state index in [2.05, 4.69) is 4.98 Å². The van der Waals surface area contributed by atoms with Crippen LogP contribution in [-0.2, 0) is 0 Å². The zero-order chi connectivity index (χ0) is 10.8. The van der Waals surface area contributed by atoms with Crippen molar-refractivity contribution in [3.05, 3.63) is 18.3 Å². The van der Waals surface area contributed by atoms with Crippen molar-refractivity contribution in [3.8, 4) is 0 Å². The van der Waals surface area contributed by atoms with Crippen LogP contribution in [0.5, 0.6) is 0 Å². The zero-order valence-electron chi connectivity index (χ0n) is 8.24. The van der Waals surface area contributed by atoms with Crippen LogP contribution in [-0.4, -0.2) is 46.5 Å². The van der Waals surface area contributed by atoms with Gasteiger partial charge in [0.25, 0.3) is 0 Å². The number of nitrogens with zero attached hydrogens (tertiary/aromatic N) is 2. The maximum atomic E-state index is 9.35. The Balaban J connectivity index is 2.10. The number of hydrogen-bond donors (Lipinski definition) is 3. The van der Waals surface area contributed by atoms with Gasteiger partial charge in [-0.3, -0.25) is 0 Å². The summed E-state index contributed by atoms with van der Waals surface area (Å²) in [7, 11) is -1.48. The van der Waals surface area contributed by atoms with Crippen molar-refractivity contribution in [3.63, 3.8) is 0 Å². The summed E-state index contributed by atoms with van der Waals surface area (Å²) in [6.45, 7) is 1.38. The Hall–Kier alpha value is -1.11. The second kappa shape index (κ2) is 4.18. The average molecular weight is 208 g/mol. The van der Waals surface area contributed by atoms with Gasteiger partial charge in [-0.2, -0.15) is 0 Å². The van der Waals surface area contributed by atoms with Crippen LogP contribution < -0.4 is 10.4 Å². The smallest absolute Gasteiger partial charge is 0.423 e. The Morgan fingerprint density at radius 3 is 2.67 bits per heavy atom. The Morgan fingerprint density at radius 1 is 1.40 bits per heavy atom. The maximum Gasteiger partial charge on any atom is 0.490 e. The summed E-state index contributed by atoms with van der Waals surface area (Å²) >= 11 is 0. The van der Waals surface area contributed by atoms with Gasteiger partial charge in [-0.1, -0.05) is 6.07 Å². The average Bonchev–Trinajstić information content (AvgIpc) is 2.65. The highest BCUT2D eigenvalue weighted by Crippen LogP contribution is 2.16. The number of β-amino-alcohol motifs (C(OH)–C–C–N with tert-alkyl or cyclic N) is 1. The first-order valence-corrected chi connectivity index (χ1v) is 4.92. The molecule has 15 heavy (non-hydrogen) atoms. The summed E-state index contributed by atoms with van der Waals surface area (Å²) in [5.74, 6) is 0.760. The van der Waals surface area contributed by atoms with E-state index in [4.69, 9.17) is 10.0 Å². The molecular weight excluding hydrogens is 195 g/mol. The fourth-order valence-corrected chi connectivity index (χ4v) is 1.69. The van der Waals surface area contributed by atoms with Crippen LogP contribution in [0.3, 0.4) is 0 Å². The van der Waals surface area contributed by atoms with Gasteiger partial charge in [0.1, 0.15) is 5.82 Å². The van der Waals surface area contributed by atoms with Crippen LogP contribution in [0.25, 0.3) is 0 Å². The minimum atomic E-state index is -1.48. The molecule has 1 aromatic heterocycles.